The highest BCUT2D eigenvalue weighted by molar-refractivity contribution is 5.92. The Morgan fingerprint density at radius 2 is 2.00 bits per heavy atom. The molecule has 11 heteroatoms. The minimum absolute atomic E-state index is 0.234. The van der Waals surface area contributed by atoms with E-state index in [0.717, 1.165) is 6.08 Å². The van der Waals surface area contributed by atoms with Gasteiger partial charge in [-0.25, -0.2) is 9.78 Å². The van der Waals surface area contributed by atoms with Gasteiger partial charge in [0.25, 0.3) is 0 Å². The van der Waals surface area contributed by atoms with E-state index in [0.29, 0.717) is 32.1 Å². The van der Waals surface area contributed by atoms with Crippen molar-refractivity contribution in [2.45, 2.75) is 39.8 Å². The number of carbonyl (C=O) groups excluding carboxylic acids is 2. The third-order valence-corrected chi connectivity index (χ3v) is 4.24. The summed E-state index contributed by atoms with van der Waals surface area (Å²) in [5.74, 6) is 5.44. The standard InChI is InChI=1S/C20H24N8O3/c1-5-6-9-28-16(14-21)15(7-8-17(29)24-25-22)23-18(28)26-10-12-27(13-11-26)19(30)31-20(2,3)4/h7-8H,9-13H2,1-4H3. The molecule has 0 radical (unpaired) electrons. The van der Waals surface area contributed by atoms with Crippen molar-refractivity contribution in [2.75, 3.05) is 31.1 Å². The lowest BCUT2D eigenvalue weighted by Crippen LogP contribution is -2.50. The Morgan fingerprint density at radius 1 is 1.32 bits per heavy atom. The predicted octanol–water partition coefficient (Wildman–Crippen LogP) is 2.69. The maximum Gasteiger partial charge on any atom is 0.410 e. The second-order valence-electron chi connectivity index (χ2n) is 7.59. The molecule has 2 heterocycles. The number of aromatic nitrogens is 2. The van der Waals surface area contributed by atoms with Gasteiger partial charge in [-0.2, -0.15) is 5.26 Å². The molecule has 1 saturated heterocycles. The molecule has 31 heavy (non-hydrogen) atoms. The van der Waals surface area contributed by atoms with Crippen LogP contribution in [0.15, 0.2) is 11.2 Å². The summed E-state index contributed by atoms with van der Waals surface area (Å²) < 4.78 is 7.08. The van der Waals surface area contributed by atoms with Crippen LogP contribution in [0.4, 0.5) is 10.7 Å². The van der Waals surface area contributed by atoms with Crippen LogP contribution in [0.2, 0.25) is 0 Å². The molecule has 0 aliphatic carbocycles. The van der Waals surface area contributed by atoms with Gasteiger partial charge >= 0.3 is 6.09 Å². The molecule has 2 rings (SSSR count). The van der Waals surface area contributed by atoms with Crippen molar-refractivity contribution < 1.29 is 14.3 Å². The van der Waals surface area contributed by atoms with E-state index >= 15 is 0 Å². The smallest absolute Gasteiger partial charge is 0.410 e. The van der Waals surface area contributed by atoms with E-state index in [1.807, 2.05) is 25.7 Å². The summed E-state index contributed by atoms with van der Waals surface area (Å²) in [5.41, 5.74) is 8.28. The number of amides is 2. The SMILES string of the molecule is CC#CCn1c(N2CCN(C(=O)OC(C)(C)C)CC2)nc(C=CC(=O)N=[N+]=[N-])c1C#N. The first-order chi connectivity index (χ1) is 14.7. The number of imidazole rings is 1. The maximum absolute atomic E-state index is 12.3. The number of azide groups is 1. The van der Waals surface area contributed by atoms with Crippen LogP contribution in [-0.2, 0) is 16.1 Å². The van der Waals surface area contributed by atoms with E-state index in [4.69, 9.17) is 10.3 Å². The minimum atomic E-state index is -0.790. The molecule has 11 nitrogen and oxygen atoms in total. The van der Waals surface area contributed by atoms with Crippen molar-refractivity contribution in [3.63, 3.8) is 0 Å². The molecule has 1 aliphatic heterocycles. The number of nitriles is 1. The number of nitrogens with zero attached hydrogens (tertiary/aromatic N) is 8. The van der Waals surface area contributed by atoms with Crippen LogP contribution in [-0.4, -0.2) is 58.2 Å². The van der Waals surface area contributed by atoms with E-state index in [-0.39, 0.29) is 24.0 Å². The Balaban J connectivity index is 2.28. The molecular weight excluding hydrogens is 400 g/mol. The predicted molar refractivity (Wildman–Crippen MR) is 114 cm³/mol. The van der Waals surface area contributed by atoms with Crippen molar-refractivity contribution in [1.82, 2.24) is 14.5 Å². The fourth-order valence-corrected chi connectivity index (χ4v) is 2.89. The van der Waals surface area contributed by atoms with Crippen molar-refractivity contribution in [2.24, 2.45) is 5.11 Å². The van der Waals surface area contributed by atoms with Crippen LogP contribution in [0, 0.1) is 23.2 Å². The third kappa shape index (κ3) is 6.26. The average Bonchev–Trinajstić information content (AvgIpc) is 3.07. The number of hydrogen-bond acceptors (Lipinski definition) is 6. The highest BCUT2D eigenvalue weighted by Gasteiger charge is 2.28. The molecule has 0 N–H and O–H groups in total. The summed E-state index contributed by atoms with van der Waals surface area (Å²) in [7, 11) is 0. The molecule has 0 atom stereocenters. The van der Waals surface area contributed by atoms with Gasteiger partial charge in [-0.15, -0.1) is 5.92 Å². The first kappa shape index (κ1) is 23.3. The van der Waals surface area contributed by atoms with Gasteiger partial charge in [-0.1, -0.05) is 5.92 Å². The van der Waals surface area contributed by atoms with Crippen molar-refractivity contribution in [3.8, 4) is 17.9 Å². The van der Waals surface area contributed by atoms with Gasteiger partial charge in [0.1, 0.15) is 23.1 Å². The number of anilines is 1. The lowest BCUT2D eigenvalue weighted by Gasteiger charge is -2.36. The molecule has 0 aromatic carbocycles. The van der Waals surface area contributed by atoms with E-state index in [1.165, 1.54) is 6.08 Å². The van der Waals surface area contributed by atoms with Crippen molar-refractivity contribution in [1.29, 1.82) is 5.26 Å². The first-order valence-corrected chi connectivity index (χ1v) is 9.60. The second-order valence-corrected chi connectivity index (χ2v) is 7.59. The topological polar surface area (TPSA) is 140 Å². The Hall–Kier alpha value is -3.95. The Bertz CT molecular complexity index is 1020. The number of hydrogen-bond donors (Lipinski definition) is 0. The van der Waals surface area contributed by atoms with Crippen LogP contribution in [0.3, 0.4) is 0 Å². The number of ether oxygens (including phenoxy) is 1. The molecule has 0 saturated carbocycles. The van der Waals surface area contributed by atoms with Crippen LogP contribution < -0.4 is 4.90 Å². The molecule has 0 unspecified atom stereocenters. The number of piperazine rings is 1. The Labute approximate surface area is 180 Å². The molecule has 1 fully saturated rings. The first-order valence-electron chi connectivity index (χ1n) is 9.60. The summed E-state index contributed by atoms with van der Waals surface area (Å²) in [4.78, 5) is 34.3. The van der Waals surface area contributed by atoms with Crippen LogP contribution in [0.1, 0.15) is 39.1 Å². The highest BCUT2D eigenvalue weighted by atomic mass is 16.6. The van der Waals surface area contributed by atoms with Gasteiger partial charge in [-0.05, 0) is 50.5 Å². The minimum Gasteiger partial charge on any atom is -0.444 e. The van der Waals surface area contributed by atoms with Gasteiger partial charge in [-0.3, -0.25) is 9.36 Å². The van der Waals surface area contributed by atoms with Crippen molar-refractivity contribution in [3.05, 3.63) is 27.9 Å². The maximum atomic E-state index is 12.3. The molecule has 162 valence electrons. The lowest BCUT2D eigenvalue weighted by molar-refractivity contribution is -0.113. The second kappa shape index (κ2) is 10.2. The molecule has 0 spiro atoms. The van der Waals surface area contributed by atoms with Gasteiger partial charge in [0, 0.05) is 31.1 Å². The molecule has 1 aromatic rings. The summed E-state index contributed by atoms with van der Waals surface area (Å²) in [6.07, 6.45) is 2.03. The summed E-state index contributed by atoms with van der Waals surface area (Å²) in [6, 6.07) is 2.10. The van der Waals surface area contributed by atoms with Crippen LogP contribution in [0.25, 0.3) is 16.5 Å². The average molecular weight is 424 g/mol. The van der Waals surface area contributed by atoms with Gasteiger partial charge in [0.15, 0.2) is 0 Å². The monoisotopic (exact) mass is 424 g/mol. The summed E-state index contributed by atoms with van der Waals surface area (Å²) in [6.45, 7) is 9.23. The highest BCUT2D eigenvalue weighted by Crippen LogP contribution is 2.23. The molecule has 2 amide bonds. The van der Waals surface area contributed by atoms with Gasteiger partial charge in [0.05, 0.1) is 6.54 Å². The quantitative estimate of drug-likeness (QED) is 0.239. The largest absolute Gasteiger partial charge is 0.444 e. The lowest BCUT2D eigenvalue weighted by atomic mass is 10.2. The van der Waals surface area contributed by atoms with E-state index in [1.54, 1.807) is 16.4 Å². The molecule has 1 aliphatic rings. The van der Waals surface area contributed by atoms with Crippen molar-refractivity contribution >= 4 is 24.0 Å². The normalized spacial score (nSPS) is 13.8. The number of rotatable bonds is 4. The summed E-state index contributed by atoms with van der Waals surface area (Å²) in [5, 5.41) is 12.6. The van der Waals surface area contributed by atoms with E-state index < -0.39 is 11.5 Å². The molecular formula is C20H24N8O3. The molecule has 0 bridgehead atoms. The Kier molecular flexibility index (Phi) is 7.67. The van der Waals surface area contributed by atoms with E-state index in [2.05, 4.69) is 32.9 Å². The zero-order valence-corrected chi connectivity index (χ0v) is 18.0. The van der Waals surface area contributed by atoms with Crippen LogP contribution in [0.5, 0.6) is 0 Å². The summed E-state index contributed by atoms with van der Waals surface area (Å²) >= 11 is 0. The van der Waals surface area contributed by atoms with Gasteiger partial charge in [0.2, 0.25) is 11.9 Å². The Morgan fingerprint density at radius 3 is 2.55 bits per heavy atom. The zero-order valence-electron chi connectivity index (χ0n) is 18.0. The fraction of sp³-hybridized carbons (Fsp3) is 0.500. The fourth-order valence-electron chi connectivity index (χ4n) is 2.89. The van der Waals surface area contributed by atoms with Crippen LogP contribution >= 0.6 is 0 Å². The number of carbonyl (C=O) groups is 2. The molecule has 1 aromatic heterocycles. The van der Waals surface area contributed by atoms with E-state index in [9.17, 15) is 14.9 Å². The zero-order chi connectivity index (χ0) is 23.0. The third-order valence-electron chi connectivity index (χ3n) is 4.24. The van der Waals surface area contributed by atoms with Gasteiger partial charge < -0.3 is 14.5 Å².